The van der Waals surface area contributed by atoms with Gasteiger partial charge in [0, 0.05) is 0 Å². The van der Waals surface area contributed by atoms with Gasteiger partial charge >= 0.3 is 0 Å². The van der Waals surface area contributed by atoms with E-state index in [2.05, 4.69) is 0 Å². The number of aliphatic hydroxyl groups is 1. The van der Waals surface area contributed by atoms with E-state index in [-0.39, 0.29) is 0 Å². The second-order valence-corrected chi connectivity index (χ2v) is 7.03. The minimum absolute atomic E-state index is 0.341. The van der Waals surface area contributed by atoms with E-state index in [1.54, 1.807) is 6.92 Å². The number of fused-ring (bicyclic) bond motifs is 2. The minimum Gasteiger partial charge on any atom is -0.385 e. The van der Waals surface area contributed by atoms with Crippen molar-refractivity contribution in [1.29, 1.82) is 0 Å². The number of rotatable bonds is 6. The van der Waals surface area contributed by atoms with Crippen molar-refractivity contribution in [2.45, 2.75) is 50.3 Å². The monoisotopic (exact) mass is 356 g/mol. The molecule has 5 nitrogen and oxygen atoms in total. The summed E-state index contributed by atoms with van der Waals surface area (Å²) in [7, 11) is 0. The molecule has 26 heavy (non-hydrogen) atoms. The van der Waals surface area contributed by atoms with E-state index in [0.717, 1.165) is 11.1 Å². The van der Waals surface area contributed by atoms with Gasteiger partial charge in [-0.1, -0.05) is 60.7 Å². The van der Waals surface area contributed by atoms with Crippen molar-refractivity contribution in [3.05, 3.63) is 71.8 Å². The number of hydrogen-bond acceptors (Lipinski definition) is 5. The molecule has 0 spiro atoms. The maximum absolute atomic E-state index is 11.1. The van der Waals surface area contributed by atoms with Crippen molar-refractivity contribution >= 4 is 0 Å². The fourth-order valence-electron chi connectivity index (χ4n) is 3.52. The van der Waals surface area contributed by atoms with Gasteiger partial charge in [-0.25, -0.2) is 0 Å². The van der Waals surface area contributed by atoms with Crippen LogP contribution in [0.15, 0.2) is 60.7 Å². The molecule has 2 heterocycles. The van der Waals surface area contributed by atoms with Crippen LogP contribution in [0.3, 0.4) is 0 Å². The van der Waals surface area contributed by atoms with Crippen LogP contribution in [-0.2, 0) is 32.2 Å². The Morgan fingerprint density at radius 2 is 1.54 bits per heavy atom. The summed E-state index contributed by atoms with van der Waals surface area (Å²) in [5, 5.41) is 11.1. The molecule has 0 aliphatic carbocycles. The normalized spacial score (nSPS) is 33.3. The molecule has 0 unspecified atom stereocenters. The quantitative estimate of drug-likeness (QED) is 0.862. The Labute approximate surface area is 153 Å². The fraction of sp³-hybridized carbons (Fsp3) is 0.429. The topological polar surface area (TPSA) is 57.2 Å². The highest BCUT2D eigenvalue weighted by atomic mass is 16.8. The highest BCUT2D eigenvalue weighted by Gasteiger charge is 2.58. The lowest BCUT2D eigenvalue weighted by Gasteiger charge is -2.44. The predicted molar refractivity (Wildman–Crippen MR) is 95.3 cm³/mol. The van der Waals surface area contributed by atoms with Crippen molar-refractivity contribution in [2.75, 3.05) is 6.61 Å². The predicted octanol–water partition coefficient (Wildman–Crippen LogP) is 2.66. The Hall–Kier alpha value is -1.76. The molecule has 138 valence electrons. The van der Waals surface area contributed by atoms with Crippen LogP contribution in [0.2, 0.25) is 0 Å². The lowest BCUT2D eigenvalue weighted by Crippen LogP contribution is -2.63. The van der Waals surface area contributed by atoms with Crippen LogP contribution in [0.1, 0.15) is 18.1 Å². The first-order chi connectivity index (χ1) is 12.6. The van der Waals surface area contributed by atoms with E-state index < -0.39 is 30.2 Å². The Morgan fingerprint density at radius 1 is 0.962 bits per heavy atom. The van der Waals surface area contributed by atoms with Gasteiger partial charge in [0.1, 0.15) is 23.9 Å². The van der Waals surface area contributed by atoms with E-state index in [0.29, 0.717) is 19.8 Å². The number of hydrogen-bond donors (Lipinski definition) is 1. The van der Waals surface area contributed by atoms with Crippen molar-refractivity contribution in [3.63, 3.8) is 0 Å². The molecule has 0 aromatic heterocycles. The zero-order valence-electron chi connectivity index (χ0n) is 14.8. The summed E-state index contributed by atoms with van der Waals surface area (Å²) < 4.78 is 23.8. The first kappa shape index (κ1) is 17.6. The molecule has 2 aromatic rings. The third-order valence-corrected chi connectivity index (χ3v) is 5.06. The van der Waals surface area contributed by atoms with E-state index in [1.165, 1.54) is 0 Å². The summed E-state index contributed by atoms with van der Waals surface area (Å²) in [5.74, 6) is 0. The second-order valence-electron chi connectivity index (χ2n) is 7.03. The smallest absolute Gasteiger partial charge is 0.187 e. The molecule has 0 radical (unpaired) electrons. The highest BCUT2D eigenvalue weighted by Crippen LogP contribution is 2.39. The SMILES string of the molecule is C[C@@]1(O)[C@H](OCc2ccccc2)[C@@H](OCc2ccccc2)[C@@H]2OC[C@H]1O2. The average Bonchev–Trinajstić information content (AvgIpc) is 3.13. The van der Waals surface area contributed by atoms with E-state index >= 15 is 0 Å². The molecule has 2 aromatic carbocycles. The van der Waals surface area contributed by atoms with Gasteiger partial charge in [-0.2, -0.15) is 0 Å². The molecule has 0 saturated carbocycles. The standard InChI is InChI=1S/C21H24O5/c1-21(22)17-14-25-20(26-17)18(23-12-15-8-4-2-5-9-15)19(21)24-13-16-10-6-3-7-11-16/h2-11,17-20,22H,12-14H2,1H3/t17-,18-,19-,20-,21+/m1/s1. The van der Waals surface area contributed by atoms with E-state index in [9.17, 15) is 5.11 Å². The van der Waals surface area contributed by atoms with Crippen LogP contribution in [0.25, 0.3) is 0 Å². The van der Waals surface area contributed by atoms with Gasteiger partial charge in [0.05, 0.1) is 19.8 Å². The lowest BCUT2D eigenvalue weighted by molar-refractivity contribution is -0.287. The van der Waals surface area contributed by atoms with Gasteiger partial charge < -0.3 is 24.1 Å². The first-order valence-corrected chi connectivity index (χ1v) is 8.95. The molecule has 5 atom stereocenters. The molecular formula is C21H24O5. The van der Waals surface area contributed by atoms with Gasteiger partial charge in [0.25, 0.3) is 0 Å². The molecule has 5 heteroatoms. The van der Waals surface area contributed by atoms with Crippen LogP contribution in [-0.4, -0.2) is 41.9 Å². The van der Waals surface area contributed by atoms with Crippen molar-refractivity contribution in [1.82, 2.24) is 0 Å². The molecule has 4 rings (SSSR count). The van der Waals surface area contributed by atoms with Crippen LogP contribution in [0, 0.1) is 0 Å². The summed E-state index contributed by atoms with van der Waals surface area (Å²) >= 11 is 0. The summed E-state index contributed by atoms with van der Waals surface area (Å²) in [4.78, 5) is 0. The van der Waals surface area contributed by atoms with Crippen LogP contribution >= 0.6 is 0 Å². The molecule has 2 aliphatic heterocycles. The maximum Gasteiger partial charge on any atom is 0.187 e. The molecule has 2 aliphatic rings. The zero-order chi connectivity index (χ0) is 18.0. The van der Waals surface area contributed by atoms with Crippen molar-refractivity contribution in [2.24, 2.45) is 0 Å². The average molecular weight is 356 g/mol. The van der Waals surface area contributed by atoms with Gasteiger partial charge in [0.15, 0.2) is 6.29 Å². The number of benzene rings is 2. The van der Waals surface area contributed by atoms with Crippen LogP contribution in [0.5, 0.6) is 0 Å². The summed E-state index contributed by atoms with van der Waals surface area (Å²) in [5.41, 5.74) is 0.905. The first-order valence-electron chi connectivity index (χ1n) is 8.95. The van der Waals surface area contributed by atoms with Gasteiger partial charge in [0.2, 0.25) is 0 Å². The molecule has 2 saturated heterocycles. The van der Waals surface area contributed by atoms with Crippen molar-refractivity contribution < 1.29 is 24.1 Å². The maximum atomic E-state index is 11.1. The molecule has 2 fully saturated rings. The highest BCUT2D eigenvalue weighted by molar-refractivity contribution is 5.15. The summed E-state index contributed by atoms with van der Waals surface area (Å²) in [6.45, 7) is 2.87. The summed E-state index contributed by atoms with van der Waals surface area (Å²) in [6, 6.07) is 19.8. The van der Waals surface area contributed by atoms with Gasteiger partial charge in [-0.05, 0) is 18.1 Å². The Balaban J connectivity index is 1.50. The number of ether oxygens (including phenoxy) is 4. The third kappa shape index (κ3) is 3.54. The largest absolute Gasteiger partial charge is 0.385 e. The van der Waals surface area contributed by atoms with Gasteiger partial charge in [-0.15, -0.1) is 0 Å². The molecule has 0 amide bonds. The molecular weight excluding hydrogens is 332 g/mol. The van der Waals surface area contributed by atoms with Gasteiger partial charge in [-0.3, -0.25) is 0 Å². The Morgan fingerprint density at radius 3 is 2.15 bits per heavy atom. The van der Waals surface area contributed by atoms with Crippen LogP contribution < -0.4 is 0 Å². The Bertz CT molecular complexity index is 703. The van der Waals surface area contributed by atoms with Crippen molar-refractivity contribution in [3.8, 4) is 0 Å². The second kappa shape index (κ2) is 7.47. The molecule has 2 bridgehead atoms. The Kier molecular flexibility index (Phi) is 5.07. The zero-order valence-corrected chi connectivity index (χ0v) is 14.8. The van der Waals surface area contributed by atoms with E-state index in [4.69, 9.17) is 18.9 Å². The minimum atomic E-state index is -1.19. The fourth-order valence-corrected chi connectivity index (χ4v) is 3.52. The molecule has 1 N–H and O–H groups in total. The van der Waals surface area contributed by atoms with Crippen LogP contribution in [0.4, 0.5) is 0 Å². The summed E-state index contributed by atoms with van der Waals surface area (Å²) in [6.07, 6.45) is -1.99. The lowest BCUT2D eigenvalue weighted by atomic mass is 9.87. The third-order valence-electron chi connectivity index (χ3n) is 5.06. The van der Waals surface area contributed by atoms with E-state index in [1.807, 2.05) is 60.7 Å².